The minimum Gasteiger partial charge on any atom is -0.508 e. The number of hydrogen-bond donors (Lipinski definition) is 3. The number of nitrogens with one attached hydrogen (secondary N) is 2. The van der Waals surface area contributed by atoms with Gasteiger partial charge in [-0.2, -0.15) is 0 Å². The average molecular weight is 262 g/mol. The Kier molecular flexibility index (Phi) is 4.10. The van der Waals surface area contributed by atoms with Gasteiger partial charge >= 0.3 is 0 Å². The van der Waals surface area contributed by atoms with Gasteiger partial charge in [0, 0.05) is 18.2 Å². The molecule has 104 valence electrons. The summed E-state index contributed by atoms with van der Waals surface area (Å²) in [6, 6.07) is 6.62. The maximum absolute atomic E-state index is 12.0. The van der Waals surface area contributed by atoms with E-state index >= 15 is 0 Å². The first-order valence-corrected chi connectivity index (χ1v) is 6.80. The molecule has 1 aromatic rings. The van der Waals surface area contributed by atoms with Crippen molar-refractivity contribution in [1.82, 2.24) is 10.6 Å². The van der Waals surface area contributed by atoms with Crippen molar-refractivity contribution in [2.24, 2.45) is 5.41 Å². The van der Waals surface area contributed by atoms with Gasteiger partial charge in [-0.3, -0.25) is 4.79 Å². The van der Waals surface area contributed by atoms with Crippen LogP contribution in [0.15, 0.2) is 24.3 Å². The molecule has 1 saturated heterocycles. The molecular formula is C15H22N2O2. The van der Waals surface area contributed by atoms with Crippen LogP contribution in [0.1, 0.15) is 37.0 Å². The first kappa shape index (κ1) is 13.9. The van der Waals surface area contributed by atoms with Gasteiger partial charge in [0.1, 0.15) is 5.75 Å². The molecule has 2 rings (SSSR count). The zero-order chi connectivity index (χ0) is 13.9. The molecule has 1 heterocycles. The Morgan fingerprint density at radius 3 is 2.74 bits per heavy atom. The topological polar surface area (TPSA) is 61.4 Å². The van der Waals surface area contributed by atoms with E-state index in [-0.39, 0.29) is 17.1 Å². The van der Waals surface area contributed by atoms with Gasteiger partial charge in [-0.1, -0.05) is 13.8 Å². The van der Waals surface area contributed by atoms with Crippen molar-refractivity contribution in [1.29, 1.82) is 0 Å². The maximum Gasteiger partial charge on any atom is 0.251 e. The van der Waals surface area contributed by atoms with E-state index in [0.717, 1.165) is 6.54 Å². The first-order valence-electron chi connectivity index (χ1n) is 6.80. The van der Waals surface area contributed by atoms with Crippen LogP contribution in [0.3, 0.4) is 0 Å². The minimum atomic E-state index is -0.0943. The molecule has 1 fully saturated rings. The van der Waals surface area contributed by atoms with Gasteiger partial charge < -0.3 is 15.7 Å². The molecule has 1 atom stereocenters. The summed E-state index contributed by atoms with van der Waals surface area (Å²) in [5.74, 6) is 0.0785. The second-order valence-corrected chi connectivity index (χ2v) is 5.86. The number of carbonyl (C=O) groups is 1. The van der Waals surface area contributed by atoms with Crippen LogP contribution in [0.25, 0.3) is 0 Å². The summed E-state index contributed by atoms with van der Waals surface area (Å²) >= 11 is 0. The minimum absolute atomic E-state index is 0.0943. The SMILES string of the molecule is CC1(C)CCCNC1CNC(=O)c1ccc(O)cc1. The fourth-order valence-electron chi connectivity index (χ4n) is 2.53. The molecular weight excluding hydrogens is 240 g/mol. The van der Waals surface area contributed by atoms with E-state index < -0.39 is 0 Å². The molecule has 0 bridgehead atoms. The molecule has 19 heavy (non-hydrogen) atoms. The van der Waals surface area contributed by atoms with E-state index in [2.05, 4.69) is 24.5 Å². The van der Waals surface area contributed by atoms with E-state index in [4.69, 9.17) is 0 Å². The Morgan fingerprint density at radius 1 is 1.42 bits per heavy atom. The van der Waals surface area contributed by atoms with Crippen molar-refractivity contribution in [3.8, 4) is 5.75 Å². The second-order valence-electron chi connectivity index (χ2n) is 5.86. The Labute approximate surface area is 114 Å². The lowest BCUT2D eigenvalue weighted by Gasteiger charge is -2.39. The zero-order valence-corrected chi connectivity index (χ0v) is 11.6. The van der Waals surface area contributed by atoms with E-state index in [9.17, 15) is 9.90 Å². The molecule has 1 aliphatic rings. The smallest absolute Gasteiger partial charge is 0.251 e. The summed E-state index contributed by atoms with van der Waals surface area (Å²) in [5.41, 5.74) is 0.784. The third kappa shape index (κ3) is 3.47. The van der Waals surface area contributed by atoms with Crippen molar-refractivity contribution in [2.75, 3.05) is 13.1 Å². The summed E-state index contributed by atoms with van der Waals surface area (Å²) in [7, 11) is 0. The summed E-state index contributed by atoms with van der Waals surface area (Å²) < 4.78 is 0. The lowest BCUT2D eigenvalue weighted by atomic mass is 9.77. The third-order valence-electron chi connectivity index (χ3n) is 3.93. The van der Waals surface area contributed by atoms with Gasteiger partial charge in [0.15, 0.2) is 0 Å². The largest absolute Gasteiger partial charge is 0.508 e. The Morgan fingerprint density at radius 2 is 2.11 bits per heavy atom. The predicted molar refractivity (Wildman–Crippen MR) is 75.2 cm³/mol. The summed E-state index contributed by atoms with van der Waals surface area (Å²) in [5, 5.41) is 15.6. The molecule has 1 aromatic carbocycles. The summed E-state index contributed by atoms with van der Waals surface area (Å²) in [6.07, 6.45) is 2.37. The zero-order valence-electron chi connectivity index (χ0n) is 11.6. The number of piperidine rings is 1. The van der Waals surface area contributed by atoms with Crippen LogP contribution in [0.4, 0.5) is 0 Å². The van der Waals surface area contributed by atoms with Gasteiger partial charge in [-0.25, -0.2) is 0 Å². The highest BCUT2D eigenvalue weighted by Crippen LogP contribution is 2.29. The van der Waals surface area contributed by atoms with Crippen molar-refractivity contribution >= 4 is 5.91 Å². The standard InChI is InChI=1S/C15H22N2O2/c1-15(2)8-3-9-16-13(15)10-17-14(19)11-4-6-12(18)7-5-11/h4-7,13,16,18H,3,8-10H2,1-2H3,(H,17,19). The van der Waals surface area contributed by atoms with Crippen LogP contribution in [0, 0.1) is 5.41 Å². The van der Waals surface area contributed by atoms with Crippen LogP contribution in [-0.4, -0.2) is 30.1 Å². The number of phenols is 1. The highest BCUT2D eigenvalue weighted by atomic mass is 16.3. The van der Waals surface area contributed by atoms with Crippen LogP contribution in [0.2, 0.25) is 0 Å². The van der Waals surface area contributed by atoms with Gasteiger partial charge in [-0.15, -0.1) is 0 Å². The maximum atomic E-state index is 12.0. The van der Waals surface area contributed by atoms with Crippen LogP contribution in [0.5, 0.6) is 5.75 Å². The molecule has 0 spiro atoms. The Hall–Kier alpha value is -1.55. The summed E-state index contributed by atoms with van der Waals surface area (Å²) in [4.78, 5) is 12.0. The number of hydrogen-bond acceptors (Lipinski definition) is 3. The fraction of sp³-hybridized carbons (Fsp3) is 0.533. The van der Waals surface area contributed by atoms with Crippen LogP contribution < -0.4 is 10.6 Å². The molecule has 0 saturated carbocycles. The number of phenolic OH excluding ortho intramolecular Hbond substituents is 1. The first-order chi connectivity index (χ1) is 8.99. The van der Waals surface area contributed by atoms with Crippen LogP contribution >= 0.6 is 0 Å². The van der Waals surface area contributed by atoms with Crippen molar-refractivity contribution in [3.05, 3.63) is 29.8 Å². The number of carbonyl (C=O) groups excluding carboxylic acids is 1. The normalized spacial score (nSPS) is 21.9. The van der Waals surface area contributed by atoms with Crippen molar-refractivity contribution in [2.45, 2.75) is 32.7 Å². The van der Waals surface area contributed by atoms with E-state index in [0.29, 0.717) is 18.2 Å². The van der Waals surface area contributed by atoms with Crippen molar-refractivity contribution in [3.63, 3.8) is 0 Å². The number of rotatable bonds is 3. The van der Waals surface area contributed by atoms with Gasteiger partial charge in [0.25, 0.3) is 5.91 Å². The molecule has 1 aliphatic heterocycles. The number of amides is 1. The lowest BCUT2D eigenvalue weighted by molar-refractivity contribution is 0.0929. The van der Waals surface area contributed by atoms with E-state index in [1.54, 1.807) is 12.1 Å². The molecule has 1 unspecified atom stereocenters. The fourth-order valence-corrected chi connectivity index (χ4v) is 2.53. The van der Waals surface area contributed by atoms with E-state index in [1.807, 2.05) is 0 Å². The third-order valence-corrected chi connectivity index (χ3v) is 3.93. The molecule has 0 aromatic heterocycles. The average Bonchev–Trinajstić information content (AvgIpc) is 2.37. The molecule has 0 aliphatic carbocycles. The predicted octanol–water partition coefficient (Wildman–Crippen LogP) is 1.90. The molecule has 4 nitrogen and oxygen atoms in total. The van der Waals surface area contributed by atoms with Gasteiger partial charge in [0.05, 0.1) is 0 Å². The van der Waals surface area contributed by atoms with Gasteiger partial charge in [-0.05, 0) is 49.1 Å². The quantitative estimate of drug-likeness (QED) is 0.779. The Balaban J connectivity index is 1.91. The van der Waals surface area contributed by atoms with Crippen molar-refractivity contribution < 1.29 is 9.90 Å². The highest BCUT2D eigenvalue weighted by molar-refractivity contribution is 5.94. The number of benzene rings is 1. The number of aromatic hydroxyl groups is 1. The highest BCUT2D eigenvalue weighted by Gasteiger charge is 2.31. The molecule has 3 N–H and O–H groups in total. The summed E-state index contributed by atoms with van der Waals surface area (Å²) in [6.45, 7) is 6.11. The molecule has 4 heteroatoms. The van der Waals surface area contributed by atoms with Crippen LogP contribution in [-0.2, 0) is 0 Å². The lowest BCUT2D eigenvalue weighted by Crippen LogP contribution is -2.52. The van der Waals surface area contributed by atoms with Gasteiger partial charge in [0.2, 0.25) is 0 Å². The molecule has 0 radical (unpaired) electrons. The molecule has 1 amide bonds. The van der Waals surface area contributed by atoms with E-state index in [1.165, 1.54) is 25.0 Å². The second kappa shape index (κ2) is 5.61. The monoisotopic (exact) mass is 262 g/mol. The Bertz CT molecular complexity index is 440.